The van der Waals surface area contributed by atoms with Gasteiger partial charge in [0.25, 0.3) is 5.91 Å². The van der Waals surface area contributed by atoms with Crippen molar-refractivity contribution in [2.75, 3.05) is 6.54 Å². The summed E-state index contributed by atoms with van der Waals surface area (Å²) in [5.74, 6) is -0.175. The van der Waals surface area contributed by atoms with Gasteiger partial charge >= 0.3 is 0 Å². The second kappa shape index (κ2) is 5.82. The van der Waals surface area contributed by atoms with Gasteiger partial charge in [-0.2, -0.15) is 0 Å². The van der Waals surface area contributed by atoms with Crippen molar-refractivity contribution < 1.29 is 13.9 Å². The summed E-state index contributed by atoms with van der Waals surface area (Å²) >= 11 is 0. The molecule has 1 atom stereocenters. The molecule has 0 bridgehead atoms. The van der Waals surface area contributed by atoms with Crippen molar-refractivity contribution in [2.45, 2.75) is 31.9 Å². The average Bonchev–Trinajstić information content (AvgIpc) is 2.54. The summed E-state index contributed by atoms with van der Waals surface area (Å²) in [6.07, 6.45) is 1.98. The normalized spacial score (nSPS) is 20.1. The van der Waals surface area contributed by atoms with Gasteiger partial charge in [-0.15, -0.1) is 0 Å². The third-order valence-corrected chi connectivity index (χ3v) is 2.93. The molecular weight excluding hydrogens is 235 g/mol. The van der Waals surface area contributed by atoms with Crippen LogP contribution in [-0.2, 0) is 11.3 Å². The van der Waals surface area contributed by atoms with Crippen LogP contribution in [0.4, 0.5) is 4.39 Å². The van der Waals surface area contributed by atoms with Crippen LogP contribution in [0.15, 0.2) is 18.2 Å². The molecule has 2 rings (SSSR count). The number of ether oxygens (including phenoxy) is 1. The van der Waals surface area contributed by atoms with Gasteiger partial charge in [0.15, 0.2) is 6.10 Å². The zero-order chi connectivity index (χ0) is 13.0. The average molecular weight is 252 g/mol. The topological polar surface area (TPSA) is 64.3 Å². The van der Waals surface area contributed by atoms with E-state index in [4.69, 9.17) is 10.5 Å². The Kier molecular flexibility index (Phi) is 4.15. The third kappa shape index (κ3) is 3.20. The minimum absolute atomic E-state index is 0.133. The van der Waals surface area contributed by atoms with E-state index in [-0.39, 0.29) is 12.5 Å². The van der Waals surface area contributed by atoms with E-state index in [2.05, 4.69) is 5.32 Å². The van der Waals surface area contributed by atoms with Crippen molar-refractivity contribution in [2.24, 2.45) is 5.73 Å². The molecular formula is C13H17FN2O2. The van der Waals surface area contributed by atoms with E-state index in [1.54, 1.807) is 6.07 Å². The smallest absolute Gasteiger partial charge is 0.261 e. The maximum Gasteiger partial charge on any atom is 0.261 e. The zero-order valence-electron chi connectivity index (χ0n) is 10.1. The Hall–Kier alpha value is -1.62. The van der Waals surface area contributed by atoms with Gasteiger partial charge in [0.1, 0.15) is 11.6 Å². The summed E-state index contributed by atoms with van der Waals surface area (Å²) < 4.78 is 18.9. The minimum atomic E-state index is -0.542. The summed E-state index contributed by atoms with van der Waals surface area (Å²) in [6, 6.07) is 4.30. The fourth-order valence-corrected chi connectivity index (χ4v) is 1.99. The van der Waals surface area contributed by atoms with Crippen LogP contribution in [-0.4, -0.2) is 18.6 Å². The SMILES string of the molecule is NCc1cc(F)cc(OC2CCCCNC2=O)c1. The molecule has 0 aromatic heterocycles. The Labute approximate surface area is 105 Å². The second-order valence-electron chi connectivity index (χ2n) is 4.39. The van der Waals surface area contributed by atoms with E-state index in [1.165, 1.54) is 12.1 Å². The lowest BCUT2D eigenvalue weighted by Gasteiger charge is -2.16. The highest BCUT2D eigenvalue weighted by atomic mass is 19.1. The van der Waals surface area contributed by atoms with Gasteiger partial charge in [-0.25, -0.2) is 4.39 Å². The number of carbonyl (C=O) groups excluding carboxylic acids is 1. The largest absolute Gasteiger partial charge is 0.480 e. The Balaban J connectivity index is 2.12. The number of halogens is 1. The lowest BCUT2D eigenvalue weighted by molar-refractivity contribution is -0.127. The molecule has 1 heterocycles. The molecule has 98 valence electrons. The van der Waals surface area contributed by atoms with Gasteiger partial charge in [0.2, 0.25) is 0 Å². The van der Waals surface area contributed by atoms with Gasteiger partial charge in [-0.3, -0.25) is 4.79 Å². The number of hydrogen-bond donors (Lipinski definition) is 2. The summed E-state index contributed by atoms with van der Waals surface area (Å²) in [7, 11) is 0. The molecule has 18 heavy (non-hydrogen) atoms. The van der Waals surface area contributed by atoms with Crippen LogP contribution < -0.4 is 15.8 Å². The van der Waals surface area contributed by atoms with Gasteiger partial charge in [-0.05, 0) is 37.0 Å². The molecule has 1 aromatic rings. The van der Waals surface area contributed by atoms with Crippen LogP contribution in [0.5, 0.6) is 5.75 Å². The van der Waals surface area contributed by atoms with E-state index < -0.39 is 11.9 Å². The second-order valence-corrected chi connectivity index (χ2v) is 4.39. The summed E-state index contributed by atoms with van der Waals surface area (Å²) in [4.78, 5) is 11.7. The monoisotopic (exact) mass is 252 g/mol. The van der Waals surface area contributed by atoms with Crippen LogP contribution >= 0.6 is 0 Å². The minimum Gasteiger partial charge on any atom is -0.480 e. The molecule has 1 unspecified atom stereocenters. The van der Waals surface area contributed by atoms with Crippen LogP contribution in [0, 0.1) is 5.82 Å². The van der Waals surface area contributed by atoms with Crippen LogP contribution in [0.1, 0.15) is 24.8 Å². The Morgan fingerprint density at radius 2 is 2.22 bits per heavy atom. The molecule has 1 aromatic carbocycles. The first-order chi connectivity index (χ1) is 8.69. The predicted octanol–water partition coefficient (Wildman–Crippen LogP) is 1.33. The fourth-order valence-electron chi connectivity index (χ4n) is 1.99. The predicted molar refractivity (Wildman–Crippen MR) is 65.6 cm³/mol. The molecule has 5 heteroatoms. The first-order valence-corrected chi connectivity index (χ1v) is 6.13. The third-order valence-electron chi connectivity index (χ3n) is 2.93. The van der Waals surface area contributed by atoms with Gasteiger partial charge < -0.3 is 15.8 Å². The molecule has 3 N–H and O–H groups in total. The Bertz CT molecular complexity index is 437. The molecule has 1 amide bonds. The molecule has 4 nitrogen and oxygen atoms in total. The first-order valence-electron chi connectivity index (χ1n) is 6.13. The van der Waals surface area contributed by atoms with Crippen molar-refractivity contribution in [3.05, 3.63) is 29.6 Å². The summed E-state index contributed by atoms with van der Waals surface area (Å²) in [5.41, 5.74) is 6.12. The number of benzene rings is 1. The van der Waals surface area contributed by atoms with E-state index >= 15 is 0 Å². The van der Waals surface area contributed by atoms with E-state index in [9.17, 15) is 9.18 Å². The van der Waals surface area contributed by atoms with E-state index in [1.807, 2.05) is 0 Å². The highest BCUT2D eigenvalue weighted by molar-refractivity contribution is 5.81. The number of nitrogens with one attached hydrogen (secondary N) is 1. The molecule has 0 saturated carbocycles. The quantitative estimate of drug-likeness (QED) is 0.853. The highest BCUT2D eigenvalue weighted by Gasteiger charge is 2.22. The number of carbonyl (C=O) groups is 1. The van der Waals surface area contributed by atoms with Crippen LogP contribution in [0.3, 0.4) is 0 Å². The van der Waals surface area contributed by atoms with Crippen molar-refractivity contribution in [1.82, 2.24) is 5.32 Å². The Morgan fingerprint density at radius 3 is 3.00 bits per heavy atom. The van der Waals surface area contributed by atoms with Crippen molar-refractivity contribution >= 4 is 5.91 Å². The number of amides is 1. The van der Waals surface area contributed by atoms with E-state index in [0.717, 1.165) is 12.8 Å². The standard InChI is InChI=1S/C13H17FN2O2/c14-10-5-9(8-15)6-11(7-10)18-12-3-1-2-4-16-13(12)17/h5-7,12H,1-4,8,15H2,(H,16,17). The van der Waals surface area contributed by atoms with Crippen molar-refractivity contribution in [3.8, 4) is 5.75 Å². The molecule has 1 aliphatic rings. The molecule has 0 radical (unpaired) electrons. The van der Waals surface area contributed by atoms with Crippen molar-refractivity contribution in [1.29, 1.82) is 0 Å². The van der Waals surface area contributed by atoms with Gasteiger partial charge in [0, 0.05) is 19.2 Å². The maximum absolute atomic E-state index is 13.3. The molecule has 0 spiro atoms. The molecule has 1 aliphatic heterocycles. The van der Waals surface area contributed by atoms with Gasteiger partial charge in [0.05, 0.1) is 0 Å². The fraction of sp³-hybridized carbons (Fsp3) is 0.462. The maximum atomic E-state index is 13.3. The lowest BCUT2D eigenvalue weighted by atomic mass is 10.1. The lowest BCUT2D eigenvalue weighted by Crippen LogP contribution is -2.36. The Morgan fingerprint density at radius 1 is 1.39 bits per heavy atom. The number of hydrogen-bond acceptors (Lipinski definition) is 3. The molecule has 1 fully saturated rings. The summed E-state index contributed by atoms with van der Waals surface area (Å²) in [5, 5.41) is 2.78. The van der Waals surface area contributed by atoms with Crippen LogP contribution in [0.2, 0.25) is 0 Å². The number of rotatable bonds is 3. The molecule has 1 saturated heterocycles. The zero-order valence-corrected chi connectivity index (χ0v) is 10.1. The summed E-state index contributed by atoms with van der Waals surface area (Å²) in [6.45, 7) is 0.918. The van der Waals surface area contributed by atoms with Crippen LogP contribution in [0.25, 0.3) is 0 Å². The van der Waals surface area contributed by atoms with E-state index in [0.29, 0.717) is 24.3 Å². The number of nitrogens with two attached hydrogens (primary N) is 1. The van der Waals surface area contributed by atoms with Gasteiger partial charge in [-0.1, -0.05) is 0 Å². The van der Waals surface area contributed by atoms with Crippen molar-refractivity contribution in [3.63, 3.8) is 0 Å². The molecule has 0 aliphatic carbocycles. The first kappa shape index (κ1) is 12.8. The highest BCUT2D eigenvalue weighted by Crippen LogP contribution is 2.20.